The highest BCUT2D eigenvalue weighted by molar-refractivity contribution is 5.62. The summed E-state index contributed by atoms with van der Waals surface area (Å²) in [4.78, 5) is 0. The van der Waals surface area contributed by atoms with Gasteiger partial charge in [-0.15, -0.1) is 0 Å². The van der Waals surface area contributed by atoms with Crippen LogP contribution in [0.4, 0.5) is 11.5 Å². The molecule has 0 aliphatic rings. The molecule has 0 saturated heterocycles. The molecule has 1 aromatic rings. The van der Waals surface area contributed by atoms with E-state index in [0.717, 1.165) is 0 Å². The molecule has 6 heteroatoms. The van der Waals surface area contributed by atoms with Crippen LogP contribution in [0.2, 0.25) is 0 Å². The van der Waals surface area contributed by atoms with Gasteiger partial charge in [0.2, 0.25) is 0 Å². The monoisotopic (exact) mass is 171 g/mol. The summed E-state index contributed by atoms with van der Waals surface area (Å²) in [5, 5.41) is 12.6. The molecule has 0 aromatic carbocycles. The first kappa shape index (κ1) is 8.82. The molecule has 0 amide bonds. The van der Waals surface area contributed by atoms with E-state index in [-0.39, 0.29) is 13.2 Å². The van der Waals surface area contributed by atoms with Gasteiger partial charge in [-0.1, -0.05) is 0 Å². The van der Waals surface area contributed by atoms with Crippen molar-refractivity contribution in [2.24, 2.45) is 5.73 Å². The molecule has 0 saturated carbocycles. The van der Waals surface area contributed by atoms with Gasteiger partial charge in [0.1, 0.15) is 11.5 Å². The molecule has 0 aliphatic heterocycles. The minimum Gasteiger partial charge on any atom is -0.394 e. The number of nitrogens with zero attached hydrogens (tertiary/aromatic N) is 2. The van der Waals surface area contributed by atoms with E-state index in [1.807, 2.05) is 0 Å². The van der Waals surface area contributed by atoms with E-state index in [1.54, 1.807) is 0 Å². The van der Waals surface area contributed by atoms with Gasteiger partial charge >= 0.3 is 0 Å². The Morgan fingerprint density at radius 1 is 1.42 bits per heavy atom. The number of aliphatic hydroxyl groups is 1. The summed E-state index contributed by atoms with van der Waals surface area (Å²) in [6.07, 6.45) is 0. The van der Waals surface area contributed by atoms with Crippen LogP contribution >= 0.6 is 0 Å². The average Bonchev–Trinajstić information content (AvgIpc) is 2.33. The second-order valence-electron chi connectivity index (χ2n) is 2.40. The topological polar surface area (TPSA) is 116 Å². The van der Waals surface area contributed by atoms with Crippen LogP contribution in [0, 0.1) is 0 Å². The van der Waals surface area contributed by atoms with Crippen LogP contribution in [0.25, 0.3) is 0 Å². The van der Waals surface area contributed by atoms with Crippen LogP contribution in [-0.2, 0) is 13.1 Å². The highest BCUT2D eigenvalue weighted by Crippen LogP contribution is 2.18. The smallest absolute Gasteiger partial charge is 0.145 e. The van der Waals surface area contributed by atoms with Gasteiger partial charge in [-0.05, 0) is 0 Å². The summed E-state index contributed by atoms with van der Waals surface area (Å²) in [7, 11) is 0. The summed E-state index contributed by atoms with van der Waals surface area (Å²) in [6.45, 7) is 0.583. The first-order valence-electron chi connectivity index (χ1n) is 3.62. The van der Waals surface area contributed by atoms with Gasteiger partial charge < -0.3 is 22.3 Å². The number of aromatic nitrogens is 2. The van der Waals surface area contributed by atoms with Crippen molar-refractivity contribution in [2.75, 3.05) is 18.1 Å². The maximum atomic E-state index is 8.63. The predicted octanol–water partition coefficient (Wildman–Crippen LogP) is -1.50. The number of rotatable bonds is 3. The van der Waals surface area contributed by atoms with Crippen molar-refractivity contribution in [2.45, 2.75) is 13.1 Å². The Bertz CT molecular complexity index is 269. The van der Waals surface area contributed by atoms with Crippen molar-refractivity contribution in [3.63, 3.8) is 0 Å². The molecule has 0 fully saturated rings. The van der Waals surface area contributed by atoms with Crippen LogP contribution in [0.15, 0.2) is 0 Å². The molecule has 0 bridgehead atoms. The van der Waals surface area contributed by atoms with Crippen LogP contribution in [0.1, 0.15) is 5.69 Å². The molecular formula is C6H13N5O. The third kappa shape index (κ3) is 1.34. The third-order valence-corrected chi connectivity index (χ3v) is 1.61. The summed E-state index contributed by atoms with van der Waals surface area (Å²) in [5.74, 6) is 0.365. The lowest BCUT2D eigenvalue weighted by molar-refractivity contribution is 0.270. The number of anilines is 2. The van der Waals surface area contributed by atoms with Gasteiger partial charge in [0, 0.05) is 6.54 Å². The Labute approximate surface area is 69.9 Å². The first-order valence-corrected chi connectivity index (χ1v) is 3.62. The lowest BCUT2D eigenvalue weighted by atomic mass is 10.3. The second kappa shape index (κ2) is 3.42. The van der Waals surface area contributed by atoms with Crippen molar-refractivity contribution < 1.29 is 5.11 Å². The van der Waals surface area contributed by atoms with E-state index in [4.69, 9.17) is 22.3 Å². The third-order valence-electron chi connectivity index (χ3n) is 1.61. The fourth-order valence-corrected chi connectivity index (χ4v) is 0.956. The number of nitrogen functional groups attached to an aromatic ring is 2. The van der Waals surface area contributed by atoms with Crippen molar-refractivity contribution in [1.82, 2.24) is 9.78 Å². The van der Waals surface area contributed by atoms with Crippen LogP contribution in [-0.4, -0.2) is 21.5 Å². The lowest BCUT2D eigenvalue weighted by Gasteiger charge is -1.99. The Morgan fingerprint density at radius 3 is 2.50 bits per heavy atom. The maximum Gasteiger partial charge on any atom is 0.145 e. The van der Waals surface area contributed by atoms with Crippen LogP contribution in [0.3, 0.4) is 0 Å². The Kier molecular flexibility index (Phi) is 2.51. The lowest BCUT2D eigenvalue weighted by Crippen LogP contribution is -2.08. The van der Waals surface area contributed by atoms with E-state index in [1.165, 1.54) is 4.68 Å². The minimum atomic E-state index is -0.0185. The molecule has 0 unspecified atom stereocenters. The molecular weight excluding hydrogens is 158 g/mol. The number of hydrogen-bond acceptors (Lipinski definition) is 5. The molecule has 0 atom stereocenters. The summed E-state index contributed by atoms with van der Waals surface area (Å²) in [6, 6.07) is 0. The zero-order chi connectivity index (χ0) is 9.14. The number of aliphatic hydroxyl groups excluding tert-OH is 1. The van der Waals surface area contributed by atoms with Gasteiger partial charge in [0.25, 0.3) is 0 Å². The molecule has 6 nitrogen and oxygen atoms in total. The van der Waals surface area contributed by atoms with Gasteiger partial charge in [-0.3, -0.25) is 0 Å². The van der Waals surface area contributed by atoms with Gasteiger partial charge in [-0.2, -0.15) is 5.10 Å². The van der Waals surface area contributed by atoms with E-state index in [2.05, 4.69) is 5.10 Å². The SMILES string of the molecule is NCc1nn(CCO)c(N)c1N. The van der Waals surface area contributed by atoms with E-state index in [9.17, 15) is 0 Å². The normalized spacial score (nSPS) is 10.5. The molecule has 7 N–H and O–H groups in total. The molecule has 12 heavy (non-hydrogen) atoms. The zero-order valence-electron chi connectivity index (χ0n) is 6.70. The second-order valence-corrected chi connectivity index (χ2v) is 2.40. The van der Waals surface area contributed by atoms with Crippen LogP contribution in [0.5, 0.6) is 0 Å². The molecule has 0 spiro atoms. The van der Waals surface area contributed by atoms with E-state index >= 15 is 0 Å². The first-order chi connectivity index (χ1) is 5.70. The number of nitrogens with two attached hydrogens (primary N) is 3. The quantitative estimate of drug-likeness (QED) is 0.441. The van der Waals surface area contributed by atoms with Crippen LogP contribution < -0.4 is 17.2 Å². The minimum absolute atomic E-state index is 0.0185. The fourth-order valence-electron chi connectivity index (χ4n) is 0.956. The molecule has 0 radical (unpaired) electrons. The molecule has 68 valence electrons. The average molecular weight is 171 g/mol. The Hall–Kier alpha value is -1.27. The summed E-state index contributed by atoms with van der Waals surface area (Å²) >= 11 is 0. The molecule has 1 heterocycles. The van der Waals surface area contributed by atoms with E-state index in [0.29, 0.717) is 23.7 Å². The van der Waals surface area contributed by atoms with Crippen molar-refractivity contribution in [1.29, 1.82) is 0 Å². The largest absolute Gasteiger partial charge is 0.394 e. The van der Waals surface area contributed by atoms with Crippen molar-refractivity contribution in [3.05, 3.63) is 5.69 Å². The summed E-state index contributed by atoms with van der Waals surface area (Å²) < 4.78 is 1.44. The highest BCUT2D eigenvalue weighted by atomic mass is 16.3. The Balaban J connectivity index is 2.98. The van der Waals surface area contributed by atoms with E-state index < -0.39 is 0 Å². The summed E-state index contributed by atoms with van der Waals surface area (Å²) in [5.41, 5.74) is 17.5. The standard InChI is InChI=1S/C6H13N5O/c7-3-4-5(8)6(9)11(10-4)1-2-12/h12H,1-3,7-9H2. The molecule has 1 rings (SSSR count). The molecule has 0 aliphatic carbocycles. The number of hydrogen-bond donors (Lipinski definition) is 4. The Morgan fingerprint density at radius 2 is 2.08 bits per heavy atom. The predicted molar refractivity (Wildman–Crippen MR) is 46.0 cm³/mol. The highest BCUT2D eigenvalue weighted by Gasteiger charge is 2.09. The fraction of sp³-hybridized carbons (Fsp3) is 0.500. The van der Waals surface area contributed by atoms with Crippen molar-refractivity contribution >= 4 is 11.5 Å². The van der Waals surface area contributed by atoms with Crippen molar-refractivity contribution in [3.8, 4) is 0 Å². The van der Waals surface area contributed by atoms with Gasteiger partial charge in [0.15, 0.2) is 0 Å². The molecule has 1 aromatic heterocycles. The van der Waals surface area contributed by atoms with Gasteiger partial charge in [0.05, 0.1) is 18.8 Å². The van der Waals surface area contributed by atoms with Gasteiger partial charge in [-0.25, -0.2) is 4.68 Å². The zero-order valence-corrected chi connectivity index (χ0v) is 6.70. The maximum absolute atomic E-state index is 8.63.